The third-order valence-corrected chi connectivity index (χ3v) is 7.20. The summed E-state index contributed by atoms with van der Waals surface area (Å²) in [7, 11) is -4.09. The number of anilines is 1. The van der Waals surface area contributed by atoms with Gasteiger partial charge < -0.3 is 5.32 Å². The highest BCUT2D eigenvalue weighted by molar-refractivity contribution is 7.90. The van der Waals surface area contributed by atoms with Crippen LogP contribution in [0.2, 0.25) is 5.02 Å². The van der Waals surface area contributed by atoms with Crippen molar-refractivity contribution in [2.45, 2.75) is 44.0 Å². The van der Waals surface area contributed by atoms with Gasteiger partial charge in [0.1, 0.15) is 9.84 Å². The first-order chi connectivity index (χ1) is 18.4. The minimum Gasteiger partial charge on any atom is -0.322 e. The Bertz CT molecular complexity index is 1400. The van der Waals surface area contributed by atoms with E-state index in [9.17, 15) is 61.9 Å². The van der Waals surface area contributed by atoms with Crippen molar-refractivity contribution in [3.05, 3.63) is 63.7 Å². The topological polar surface area (TPSA) is 80.3 Å². The van der Waals surface area contributed by atoms with Gasteiger partial charge in [-0.3, -0.25) is 9.59 Å². The molecule has 0 aliphatic heterocycles. The first kappa shape index (κ1) is 34.3. The van der Waals surface area contributed by atoms with Crippen molar-refractivity contribution in [3.8, 4) is 0 Å². The predicted molar refractivity (Wildman–Crippen MR) is 128 cm³/mol. The lowest BCUT2D eigenvalue weighted by Crippen LogP contribution is -2.50. The number of sulfone groups is 1. The number of nitrogens with one attached hydrogen (secondary N) is 1. The first-order valence-corrected chi connectivity index (χ1v) is 13.6. The molecule has 0 heterocycles. The van der Waals surface area contributed by atoms with E-state index in [1.807, 2.05) is 0 Å². The van der Waals surface area contributed by atoms with Gasteiger partial charge in [0.15, 0.2) is 5.78 Å². The van der Waals surface area contributed by atoms with Gasteiger partial charge in [0.2, 0.25) is 0 Å². The molecule has 41 heavy (non-hydrogen) atoms. The molecule has 17 heteroatoms. The summed E-state index contributed by atoms with van der Waals surface area (Å²) in [4.78, 5) is 25.7. The third kappa shape index (κ3) is 7.90. The molecule has 0 unspecified atom stereocenters. The number of Topliss-reactive ketones (excluding diaryl/α,β-unsaturated/α-hetero) is 1. The molecule has 0 aromatic heterocycles. The molecule has 2 aromatic carbocycles. The summed E-state index contributed by atoms with van der Waals surface area (Å²) >= 11 is 6.00. The van der Waals surface area contributed by atoms with Crippen molar-refractivity contribution in [2.24, 2.45) is 5.92 Å². The van der Waals surface area contributed by atoms with Crippen LogP contribution in [-0.4, -0.2) is 50.6 Å². The standard InChI is InChI=1S/C24H20ClF10NO4S/c1-12-10-13(21(26,23(30,31)32)24(33,34)35)6-8-17(12)36-20(38)15-4-3-5-16(25)19(15)18(37)9-7-14(22(27,28)29)11-41(2,39)40/h3-6,8,10,14H,7,9,11H2,1-2H3,(H,36,38)/t14-/m1/s1. The van der Waals surface area contributed by atoms with Gasteiger partial charge in [-0.15, -0.1) is 0 Å². The Morgan fingerprint density at radius 1 is 0.927 bits per heavy atom. The number of carbonyl (C=O) groups is 2. The predicted octanol–water partition coefficient (Wildman–Crippen LogP) is 7.38. The molecule has 0 saturated heterocycles. The summed E-state index contributed by atoms with van der Waals surface area (Å²) in [6.07, 6.45) is -19.0. The highest BCUT2D eigenvalue weighted by Crippen LogP contribution is 2.53. The fraction of sp³-hybridized carbons (Fsp3) is 0.417. The Hall–Kier alpha value is -2.88. The van der Waals surface area contributed by atoms with E-state index in [1.165, 1.54) is 6.07 Å². The molecule has 0 aliphatic rings. The molecule has 5 nitrogen and oxygen atoms in total. The van der Waals surface area contributed by atoms with Crippen LogP contribution in [0.5, 0.6) is 0 Å². The van der Waals surface area contributed by atoms with Gasteiger partial charge >= 0.3 is 24.2 Å². The lowest BCUT2D eigenvalue weighted by molar-refractivity contribution is -0.348. The number of aryl methyl sites for hydroxylation is 1. The normalized spacial score (nSPS) is 14.1. The van der Waals surface area contributed by atoms with E-state index < -0.39 is 92.5 Å². The van der Waals surface area contributed by atoms with E-state index in [0.717, 1.165) is 19.1 Å². The van der Waals surface area contributed by atoms with Crippen LogP contribution in [0.3, 0.4) is 0 Å². The maximum Gasteiger partial charge on any atom is 0.435 e. The Morgan fingerprint density at radius 3 is 1.95 bits per heavy atom. The molecule has 0 fully saturated rings. The van der Waals surface area contributed by atoms with E-state index in [0.29, 0.717) is 12.3 Å². The van der Waals surface area contributed by atoms with Crippen molar-refractivity contribution in [1.82, 2.24) is 0 Å². The first-order valence-electron chi connectivity index (χ1n) is 11.2. The molecule has 2 rings (SSSR count). The monoisotopic (exact) mass is 643 g/mol. The number of ketones is 1. The number of carbonyl (C=O) groups excluding carboxylic acids is 2. The quantitative estimate of drug-likeness (QED) is 0.229. The molecule has 0 aliphatic carbocycles. The van der Waals surface area contributed by atoms with Gasteiger partial charge in [-0.2, -0.15) is 39.5 Å². The zero-order chi connectivity index (χ0) is 31.8. The summed E-state index contributed by atoms with van der Waals surface area (Å²) in [5.41, 5.74) is -9.41. The van der Waals surface area contributed by atoms with Crippen LogP contribution in [0.15, 0.2) is 36.4 Å². The van der Waals surface area contributed by atoms with Crippen LogP contribution in [0.25, 0.3) is 0 Å². The van der Waals surface area contributed by atoms with Gasteiger partial charge in [0.05, 0.1) is 22.3 Å². The molecule has 0 radical (unpaired) electrons. The van der Waals surface area contributed by atoms with E-state index in [-0.39, 0.29) is 22.8 Å². The minimum absolute atomic E-state index is 0.159. The van der Waals surface area contributed by atoms with Gasteiger partial charge in [-0.25, -0.2) is 12.8 Å². The summed E-state index contributed by atoms with van der Waals surface area (Å²) in [6, 6.07) is 4.27. The van der Waals surface area contributed by atoms with E-state index >= 15 is 0 Å². The van der Waals surface area contributed by atoms with E-state index in [1.54, 1.807) is 0 Å². The zero-order valence-electron chi connectivity index (χ0n) is 20.9. The van der Waals surface area contributed by atoms with Crippen molar-refractivity contribution in [1.29, 1.82) is 0 Å². The second-order valence-corrected chi connectivity index (χ2v) is 11.7. The van der Waals surface area contributed by atoms with Gasteiger partial charge in [-0.1, -0.05) is 29.8 Å². The molecule has 0 bridgehead atoms. The summed E-state index contributed by atoms with van der Waals surface area (Å²) in [5, 5.41) is 1.76. The number of hydrogen-bond donors (Lipinski definition) is 1. The molecular weight excluding hydrogens is 624 g/mol. The zero-order valence-corrected chi connectivity index (χ0v) is 22.4. The molecule has 1 N–H and O–H groups in total. The smallest absolute Gasteiger partial charge is 0.322 e. The second kappa shape index (κ2) is 11.8. The van der Waals surface area contributed by atoms with Crippen LogP contribution in [0, 0.1) is 12.8 Å². The average molecular weight is 644 g/mol. The molecule has 228 valence electrons. The van der Waals surface area contributed by atoms with Gasteiger partial charge in [0, 0.05) is 29.5 Å². The Balaban J connectivity index is 2.38. The number of amides is 1. The van der Waals surface area contributed by atoms with Crippen LogP contribution >= 0.6 is 11.6 Å². The Labute approximate surface area is 231 Å². The average Bonchev–Trinajstić information content (AvgIpc) is 2.79. The summed E-state index contributed by atoms with van der Waals surface area (Å²) < 4.78 is 155. The van der Waals surface area contributed by atoms with E-state index in [4.69, 9.17) is 11.6 Å². The van der Waals surface area contributed by atoms with Crippen LogP contribution in [0.1, 0.15) is 44.7 Å². The Kier molecular flexibility index (Phi) is 9.86. The molecule has 1 atom stereocenters. The maximum absolute atomic E-state index is 14.4. The highest BCUT2D eigenvalue weighted by Gasteiger charge is 2.73. The van der Waals surface area contributed by atoms with Crippen LogP contribution in [0.4, 0.5) is 49.6 Å². The highest BCUT2D eigenvalue weighted by atomic mass is 35.5. The number of alkyl halides is 10. The molecule has 2 aromatic rings. The van der Waals surface area contributed by atoms with Gasteiger partial charge in [-0.05, 0) is 37.1 Å². The van der Waals surface area contributed by atoms with Gasteiger partial charge in [0.25, 0.3) is 5.91 Å². The maximum atomic E-state index is 14.4. The number of rotatable bonds is 9. The molecular formula is C24H20ClF10NO4S. The summed E-state index contributed by atoms with van der Waals surface area (Å²) in [5.74, 6) is -5.95. The fourth-order valence-corrected chi connectivity index (χ4v) is 5.20. The lowest BCUT2D eigenvalue weighted by Gasteiger charge is -2.30. The third-order valence-electron chi connectivity index (χ3n) is 5.88. The number of benzene rings is 2. The number of halogens is 11. The molecule has 0 spiro atoms. The Morgan fingerprint density at radius 2 is 1.49 bits per heavy atom. The molecule has 0 saturated carbocycles. The van der Waals surface area contributed by atoms with Crippen molar-refractivity contribution >= 4 is 38.8 Å². The number of hydrogen-bond acceptors (Lipinski definition) is 4. The van der Waals surface area contributed by atoms with Crippen LogP contribution in [-0.2, 0) is 15.5 Å². The van der Waals surface area contributed by atoms with E-state index in [2.05, 4.69) is 5.32 Å². The largest absolute Gasteiger partial charge is 0.435 e. The van der Waals surface area contributed by atoms with Crippen molar-refractivity contribution in [2.75, 3.05) is 17.3 Å². The van der Waals surface area contributed by atoms with Crippen molar-refractivity contribution in [3.63, 3.8) is 0 Å². The summed E-state index contributed by atoms with van der Waals surface area (Å²) in [6.45, 7) is 0.968. The minimum atomic E-state index is -6.37. The SMILES string of the molecule is Cc1cc(C(F)(C(F)(F)F)C(F)(F)F)ccc1NC(=O)c1cccc(Cl)c1C(=O)CC[C@H](CS(C)(=O)=O)C(F)(F)F. The van der Waals surface area contributed by atoms with Crippen molar-refractivity contribution < 1.29 is 61.9 Å². The van der Waals surface area contributed by atoms with Crippen LogP contribution < -0.4 is 5.32 Å². The lowest BCUT2D eigenvalue weighted by atomic mass is 9.92. The fourth-order valence-electron chi connectivity index (χ4n) is 3.83. The second-order valence-electron chi connectivity index (χ2n) is 9.09. The molecule has 1 amide bonds.